The van der Waals surface area contributed by atoms with E-state index in [4.69, 9.17) is 14.0 Å². The lowest BCUT2D eigenvalue weighted by atomic mass is 10.1. The summed E-state index contributed by atoms with van der Waals surface area (Å²) in [5.41, 5.74) is 4.29. The van der Waals surface area contributed by atoms with Gasteiger partial charge < -0.3 is 19.3 Å². The zero-order valence-electron chi connectivity index (χ0n) is 17.6. The van der Waals surface area contributed by atoms with Gasteiger partial charge in [-0.3, -0.25) is 4.79 Å². The van der Waals surface area contributed by atoms with E-state index in [-0.39, 0.29) is 30.6 Å². The van der Waals surface area contributed by atoms with Gasteiger partial charge in [0.15, 0.2) is 11.5 Å². The van der Waals surface area contributed by atoms with E-state index in [0.717, 1.165) is 13.0 Å². The first-order valence-electron chi connectivity index (χ1n) is 10.0. The lowest BCUT2D eigenvalue weighted by Crippen LogP contribution is -2.30. The Kier molecular flexibility index (Phi) is 7.42. The summed E-state index contributed by atoms with van der Waals surface area (Å²) in [6, 6.07) is 6.42. The minimum Gasteiger partial charge on any atom is -0.381 e. The second kappa shape index (κ2) is 10.0. The fraction of sp³-hybridized carbons (Fsp3) is 0.455. The molecule has 1 N–H and O–H groups in total. The van der Waals surface area contributed by atoms with Crippen molar-refractivity contribution in [2.75, 3.05) is 19.8 Å². The Balaban J connectivity index is 1.72. The van der Waals surface area contributed by atoms with Crippen LogP contribution in [0.5, 0.6) is 0 Å². The molecule has 1 atom stereocenters. The largest absolute Gasteiger partial charge is 0.381 e. The summed E-state index contributed by atoms with van der Waals surface area (Å²) in [6.45, 7) is 8.35. The zero-order chi connectivity index (χ0) is 21.6. The molecule has 1 fully saturated rings. The maximum Gasteiger partial charge on any atom is 0.274 e. The third-order valence-electron chi connectivity index (χ3n) is 4.56. The molecule has 0 saturated carbocycles. The van der Waals surface area contributed by atoms with Crippen molar-refractivity contribution in [1.29, 1.82) is 0 Å². The van der Waals surface area contributed by atoms with Crippen LogP contribution in [0, 0.1) is 23.2 Å². The van der Waals surface area contributed by atoms with Crippen molar-refractivity contribution in [1.82, 2.24) is 10.5 Å². The molecule has 1 aliphatic rings. The van der Waals surface area contributed by atoms with E-state index < -0.39 is 8.07 Å². The summed E-state index contributed by atoms with van der Waals surface area (Å²) in [4.78, 5) is 12.7. The minimum absolute atomic E-state index is 0.0425. The number of benzene rings is 1. The molecule has 2 heterocycles. The molecular formula is C22H27FN2O4Si. The van der Waals surface area contributed by atoms with E-state index in [1.54, 1.807) is 18.2 Å². The van der Waals surface area contributed by atoms with Crippen LogP contribution in [0.3, 0.4) is 0 Å². The first kappa shape index (κ1) is 22.2. The second-order valence-corrected chi connectivity index (χ2v) is 13.1. The maximum atomic E-state index is 13.8. The molecule has 0 aliphatic carbocycles. The molecular weight excluding hydrogens is 403 g/mol. The zero-order valence-corrected chi connectivity index (χ0v) is 18.6. The summed E-state index contributed by atoms with van der Waals surface area (Å²) in [5, 5.41) is 6.84. The molecule has 8 heteroatoms. The van der Waals surface area contributed by atoms with Gasteiger partial charge in [-0.25, -0.2) is 4.39 Å². The summed E-state index contributed by atoms with van der Waals surface area (Å²) >= 11 is 0. The molecule has 160 valence electrons. The van der Waals surface area contributed by atoms with Gasteiger partial charge in [0.2, 0.25) is 0 Å². The van der Waals surface area contributed by atoms with Crippen LogP contribution >= 0.6 is 0 Å². The number of hydrogen-bond acceptors (Lipinski definition) is 5. The maximum absolute atomic E-state index is 13.8. The van der Waals surface area contributed by atoms with Crippen LogP contribution in [0.15, 0.2) is 28.8 Å². The van der Waals surface area contributed by atoms with Crippen LogP contribution in [-0.2, 0) is 22.7 Å². The molecule has 3 rings (SSSR count). The van der Waals surface area contributed by atoms with Crippen LogP contribution in [0.2, 0.25) is 19.6 Å². The lowest BCUT2D eigenvalue weighted by molar-refractivity contribution is 0.0857. The molecule has 1 aliphatic heterocycles. The molecule has 1 aromatic carbocycles. The van der Waals surface area contributed by atoms with Gasteiger partial charge in [0.05, 0.1) is 13.2 Å². The SMILES string of the molecule is C[Si](C)(C)C#Cc1c(C(=O)NCC2CCOC2)noc1COCc1ccccc1F. The van der Waals surface area contributed by atoms with Crippen molar-refractivity contribution in [3.63, 3.8) is 0 Å². The molecule has 2 aromatic rings. The number of carbonyl (C=O) groups is 1. The van der Waals surface area contributed by atoms with E-state index >= 15 is 0 Å². The molecule has 6 nitrogen and oxygen atoms in total. The highest BCUT2D eigenvalue weighted by Gasteiger charge is 2.23. The van der Waals surface area contributed by atoms with Gasteiger partial charge in [-0.15, -0.1) is 5.54 Å². The van der Waals surface area contributed by atoms with E-state index in [0.29, 0.717) is 36.0 Å². The van der Waals surface area contributed by atoms with E-state index in [2.05, 4.69) is 41.6 Å². The number of rotatable bonds is 7. The Labute approximate surface area is 177 Å². The Morgan fingerprint density at radius 3 is 2.83 bits per heavy atom. The fourth-order valence-electron chi connectivity index (χ4n) is 2.89. The number of ether oxygens (including phenoxy) is 2. The van der Waals surface area contributed by atoms with Crippen LogP contribution in [0.25, 0.3) is 0 Å². The number of nitrogens with zero attached hydrogens (tertiary/aromatic N) is 1. The molecule has 1 unspecified atom stereocenters. The molecule has 1 aromatic heterocycles. The van der Waals surface area contributed by atoms with Crippen LogP contribution in [0.4, 0.5) is 4.39 Å². The number of hydrogen-bond donors (Lipinski definition) is 1. The van der Waals surface area contributed by atoms with Gasteiger partial charge in [0, 0.05) is 24.6 Å². The average Bonchev–Trinajstić information content (AvgIpc) is 3.35. The molecule has 0 spiro atoms. The van der Waals surface area contributed by atoms with Gasteiger partial charge in [-0.2, -0.15) is 0 Å². The number of nitrogens with one attached hydrogen (secondary N) is 1. The smallest absolute Gasteiger partial charge is 0.274 e. The summed E-state index contributed by atoms with van der Waals surface area (Å²) in [5.74, 6) is 3.10. The Bertz CT molecular complexity index is 937. The predicted molar refractivity (Wildman–Crippen MR) is 113 cm³/mol. The summed E-state index contributed by atoms with van der Waals surface area (Å²) in [7, 11) is -1.69. The van der Waals surface area contributed by atoms with Gasteiger partial charge in [-0.05, 0) is 12.5 Å². The predicted octanol–water partition coefficient (Wildman–Crippen LogP) is 3.53. The van der Waals surface area contributed by atoms with Crippen molar-refractivity contribution < 1.29 is 23.2 Å². The van der Waals surface area contributed by atoms with E-state index in [1.807, 2.05) is 0 Å². The van der Waals surface area contributed by atoms with Crippen molar-refractivity contribution in [3.8, 4) is 11.5 Å². The Hall–Kier alpha value is -2.47. The average molecular weight is 431 g/mol. The van der Waals surface area contributed by atoms with Crippen molar-refractivity contribution in [3.05, 3.63) is 52.7 Å². The summed E-state index contributed by atoms with van der Waals surface area (Å²) in [6.07, 6.45) is 0.927. The summed E-state index contributed by atoms with van der Waals surface area (Å²) < 4.78 is 30.1. The fourth-order valence-corrected chi connectivity index (χ4v) is 3.39. The Morgan fingerprint density at radius 2 is 2.13 bits per heavy atom. The highest BCUT2D eigenvalue weighted by molar-refractivity contribution is 6.83. The van der Waals surface area contributed by atoms with E-state index in [1.165, 1.54) is 6.07 Å². The van der Waals surface area contributed by atoms with Crippen LogP contribution in [-0.4, -0.2) is 38.9 Å². The number of amides is 1. The molecule has 0 bridgehead atoms. The second-order valence-electron chi connectivity index (χ2n) is 8.35. The standard InChI is InChI=1S/C22H27FN2O4Si/c1-30(2,3)11-9-18-20(15-28-14-17-6-4-5-7-19(17)23)29-25-21(18)22(26)24-12-16-8-10-27-13-16/h4-7,16H,8,10,12-15H2,1-3H3,(H,24,26). The van der Waals surface area contributed by atoms with Gasteiger partial charge in [-0.1, -0.05) is 48.9 Å². The number of halogens is 1. The molecule has 1 saturated heterocycles. The number of carbonyl (C=O) groups excluding carboxylic acids is 1. The van der Waals surface area contributed by atoms with Crippen LogP contribution in [0.1, 0.15) is 33.8 Å². The quantitative estimate of drug-likeness (QED) is 0.537. The van der Waals surface area contributed by atoms with Crippen molar-refractivity contribution >= 4 is 14.0 Å². The van der Waals surface area contributed by atoms with Gasteiger partial charge >= 0.3 is 0 Å². The number of aromatic nitrogens is 1. The third kappa shape index (κ3) is 6.26. The van der Waals surface area contributed by atoms with Crippen molar-refractivity contribution in [2.45, 2.75) is 39.3 Å². The van der Waals surface area contributed by atoms with E-state index in [9.17, 15) is 9.18 Å². The van der Waals surface area contributed by atoms with Gasteiger partial charge in [0.1, 0.15) is 26.1 Å². The molecule has 0 radical (unpaired) electrons. The monoisotopic (exact) mass is 430 g/mol. The minimum atomic E-state index is -1.69. The highest BCUT2D eigenvalue weighted by Crippen LogP contribution is 2.17. The van der Waals surface area contributed by atoms with Crippen molar-refractivity contribution in [2.24, 2.45) is 5.92 Å². The Morgan fingerprint density at radius 1 is 1.33 bits per heavy atom. The highest BCUT2D eigenvalue weighted by atomic mass is 28.3. The normalized spacial score (nSPS) is 16.2. The topological polar surface area (TPSA) is 73.6 Å². The molecule has 1 amide bonds. The first-order chi connectivity index (χ1) is 14.3. The molecule has 30 heavy (non-hydrogen) atoms. The van der Waals surface area contributed by atoms with Gasteiger partial charge in [0.25, 0.3) is 5.91 Å². The first-order valence-corrected chi connectivity index (χ1v) is 13.5. The third-order valence-corrected chi connectivity index (χ3v) is 5.44. The lowest BCUT2D eigenvalue weighted by Gasteiger charge is -2.08. The van der Waals surface area contributed by atoms with Crippen LogP contribution < -0.4 is 5.32 Å².